The molecule has 0 saturated heterocycles. The Hall–Kier alpha value is -1.57. The largest absolute Gasteiger partial charge is 0.354 e. The van der Waals surface area contributed by atoms with Crippen LogP contribution in [0.1, 0.15) is 12.7 Å². The van der Waals surface area contributed by atoms with Crippen LogP contribution in [0.5, 0.6) is 0 Å². The Bertz CT molecular complexity index is 420. The minimum Gasteiger partial charge on any atom is -0.354 e. The Morgan fingerprint density at radius 2 is 2.28 bits per heavy atom. The number of hydrogen-bond donors (Lipinski definition) is 3. The van der Waals surface area contributed by atoms with Gasteiger partial charge in [-0.3, -0.25) is 14.3 Å². The molecule has 0 aromatic carbocycles. The maximum absolute atomic E-state index is 11.7. The second kappa shape index (κ2) is 7.00. The van der Waals surface area contributed by atoms with E-state index in [0.29, 0.717) is 18.8 Å². The van der Waals surface area contributed by atoms with Crippen molar-refractivity contribution in [2.24, 2.45) is 7.05 Å². The Kier molecular flexibility index (Phi) is 5.63. The molecule has 18 heavy (non-hydrogen) atoms. The van der Waals surface area contributed by atoms with Crippen molar-refractivity contribution >= 4 is 24.4 Å². The van der Waals surface area contributed by atoms with Gasteiger partial charge in [-0.05, 0) is 0 Å². The summed E-state index contributed by atoms with van der Waals surface area (Å²) in [4.78, 5) is 26.6. The lowest BCUT2D eigenvalue weighted by atomic mass is 10.3. The first-order valence-electron chi connectivity index (χ1n) is 5.53. The number of nitrogens with one attached hydrogen (secondary N) is 2. The van der Waals surface area contributed by atoms with Crippen molar-refractivity contribution in [3.05, 3.63) is 12.2 Å². The molecule has 0 radical (unpaired) electrons. The average molecular weight is 271 g/mol. The maximum Gasteiger partial charge on any atom is 0.243 e. The third-order valence-electron chi connectivity index (χ3n) is 2.17. The van der Waals surface area contributed by atoms with Gasteiger partial charge < -0.3 is 10.6 Å². The molecule has 0 bridgehead atoms. The Labute approximate surface area is 111 Å². The van der Waals surface area contributed by atoms with Gasteiger partial charge in [0.05, 0.1) is 0 Å². The molecular weight excluding hydrogens is 254 g/mol. The number of aromatic nitrogens is 3. The molecule has 1 atom stereocenters. The second-order valence-electron chi connectivity index (χ2n) is 3.81. The van der Waals surface area contributed by atoms with E-state index in [0.717, 1.165) is 0 Å². The van der Waals surface area contributed by atoms with Crippen molar-refractivity contribution in [1.82, 2.24) is 25.4 Å². The Balaban J connectivity index is 2.33. The fraction of sp³-hybridized carbons (Fsp3) is 0.600. The van der Waals surface area contributed by atoms with E-state index in [1.165, 1.54) is 6.92 Å². The van der Waals surface area contributed by atoms with E-state index in [1.807, 2.05) is 0 Å². The topological polar surface area (TPSA) is 88.9 Å². The highest BCUT2D eigenvalue weighted by atomic mass is 32.1. The van der Waals surface area contributed by atoms with Crippen molar-refractivity contribution in [1.29, 1.82) is 0 Å². The number of hydrogen-bond acceptors (Lipinski definition) is 5. The van der Waals surface area contributed by atoms with Gasteiger partial charge in [0.1, 0.15) is 12.4 Å². The molecule has 1 aromatic heterocycles. The first-order chi connectivity index (χ1) is 8.52. The van der Waals surface area contributed by atoms with Gasteiger partial charge in [0.25, 0.3) is 0 Å². The van der Waals surface area contributed by atoms with E-state index in [2.05, 4.69) is 33.3 Å². The molecule has 0 aliphatic heterocycles. The molecule has 1 unspecified atom stereocenters. The first kappa shape index (κ1) is 14.5. The van der Waals surface area contributed by atoms with E-state index in [-0.39, 0.29) is 17.6 Å². The van der Waals surface area contributed by atoms with Crippen LogP contribution >= 0.6 is 12.6 Å². The Morgan fingerprint density at radius 3 is 2.78 bits per heavy atom. The van der Waals surface area contributed by atoms with Gasteiger partial charge in [-0.1, -0.05) is 0 Å². The van der Waals surface area contributed by atoms with Gasteiger partial charge >= 0.3 is 0 Å². The predicted molar refractivity (Wildman–Crippen MR) is 69.2 cm³/mol. The predicted octanol–water partition coefficient (Wildman–Crippen LogP) is -1.09. The molecule has 2 N–H and O–H groups in total. The van der Waals surface area contributed by atoms with E-state index >= 15 is 0 Å². The zero-order valence-electron chi connectivity index (χ0n) is 10.4. The molecule has 0 saturated carbocycles. The van der Waals surface area contributed by atoms with E-state index in [1.54, 1.807) is 18.1 Å². The van der Waals surface area contributed by atoms with Crippen LogP contribution in [0.3, 0.4) is 0 Å². The first-order valence-corrected chi connectivity index (χ1v) is 6.16. The minimum atomic E-state index is -0.609. The summed E-state index contributed by atoms with van der Waals surface area (Å²) in [6.45, 7) is 1.79. The van der Waals surface area contributed by atoms with E-state index in [4.69, 9.17) is 0 Å². The number of thiol groups is 1. The number of carbonyl (C=O) groups excluding carboxylic acids is 2. The lowest BCUT2D eigenvalue weighted by Gasteiger charge is -2.14. The fourth-order valence-electron chi connectivity index (χ4n) is 1.36. The molecule has 1 aromatic rings. The zero-order valence-corrected chi connectivity index (χ0v) is 11.3. The molecule has 7 nitrogen and oxygen atoms in total. The van der Waals surface area contributed by atoms with Crippen molar-refractivity contribution in [3.8, 4) is 0 Å². The van der Waals surface area contributed by atoms with Crippen LogP contribution in [0, 0.1) is 0 Å². The lowest BCUT2D eigenvalue weighted by molar-refractivity contribution is -0.127. The summed E-state index contributed by atoms with van der Waals surface area (Å²) in [5.41, 5.74) is 0. The van der Waals surface area contributed by atoms with Crippen molar-refractivity contribution in [2.75, 3.05) is 12.3 Å². The zero-order chi connectivity index (χ0) is 13.5. The van der Waals surface area contributed by atoms with Gasteiger partial charge in [0, 0.05) is 32.7 Å². The van der Waals surface area contributed by atoms with E-state index in [9.17, 15) is 9.59 Å². The smallest absolute Gasteiger partial charge is 0.243 e. The summed E-state index contributed by atoms with van der Waals surface area (Å²) in [6.07, 6.45) is 2.15. The third-order valence-corrected chi connectivity index (χ3v) is 2.54. The van der Waals surface area contributed by atoms with E-state index < -0.39 is 6.04 Å². The normalized spacial score (nSPS) is 11.9. The van der Waals surface area contributed by atoms with Crippen LogP contribution in [0.15, 0.2) is 6.33 Å². The summed E-state index contributed by atoms with van der Waals surface area (Å²) in [7, 11) is 1.78. The summed E-state index contributed by atoms with van der Waals surface area (Å²) >= 11 is 4.02. The standard InChI is InChI=1S/C10H17N5O2S/c1-7(16)13-8(5-18)10(17)11-4-3-9-12-6-15(2)14-9/h6,8,18H,3-5H2,1-2H3,(H,11,17)(H,13,16). The van der Waals surface area contributed by atoms with Crippen LogP contribution in [-0.4, -0.2) is 44.9 Å². The summed E-state index contributed by atoms with van der Waals surface area (Å²) in [6, 6.07) is -0.609. The fourth-order valence-corrected chi connectivity index (χ4v) is 1.62. The quantitative estimate of drug-likeness (QED) is 0.574. The number of amides is 2. The number of rotatable bonds is 6. The molecule has 0 aliphatic carbocycles. The minimum absolute atomic E-state index is 0.254. The summed E-state index contributed by atoms with van der Waals surface area (Å²) in [5, 5.41) is 9.31. The van der Waals surface area contributed by atoms with Crippen LogP contribution in [0.25, 0.3) is 0 Å². The number of aryl methyl sites for hydroxylation is 1. The summed E-state index contributed by atoms with van der Waals surface area (Å²) in [5.74, 6) is 0.416. The van der Waals surface area contributed by atoms with Crippen LogP contribution in [0.4, 0.5) is 0 Å². The van der Waals surface area contributed by atoms with Gasteiger partial charge in [-0.2, -0.15) is 17.7 Å². The lowest BCUT2D eigenvalue weighted by Crippen LogP contribution is -2.47. The van der Waals surface area contributed by atoms with Crippen molar-refractivity contribution in [3.63, 3.8) is 0 Å². The SMILES string of the molecule is CC(=O)NC(CS)C(=O)NCCc1ncn(C)n1. The molecule has 8 heteroatoms. The Morgan fingerprint density at radius 1 is 1.56 bits per heavy atom. The third kappa shape index (κ3) is 4.74. The molecule has 0 aliphatic rings. The van der Waals surface area contributed by atoms with Crippen LogP contribution in [0.2, 0.25) is 0 Å². The number of carbonyl (C=O) groups is 2. The highest BCUT2D eigenvalue weighted by molar-refractivity contribution is 7.80. The molecular formula is C10H17N5O2S. The van der Waals surface area contributed by atoms with Crippen LogP contribution < -0.4 is 10.6 Å². The molecule has 100 valence electrons. The van der Waals surface area contributed by atoms with Crippen molar-refractivity contribution < 1.29 is 9.59 Å². The highest BCUT2D eigenvalue weighted by Crippen LogP contribution is 1.91. The van der Waals surface area contributed by atoms with Gasteiger partial charge in [-0.15, -0.1) is 0 Å². The van der Waals surface area contributed by atoms with Crippen LogP contribution in [-0.2, 0) is 23.1 Å². The van der Waals surface area contributed by atoms with Gasteiger partial charge in [0.2, 0.25) is 11.8 Å². The summed E-state index contributed by atoms with van der Waals surface area (Å²) < 4.78 is 1.60. The molecule has 0 fully saturated rings. The van der Waals surface area contributed by atoms with Gasteiger partial charge in [0.15, 0.2) is 5.82 Å². The van der Waals surface area contributed by atoms with Crippen molar-refractivity contribution in [2.45, 2.75) is 19.4 Å². The molecule has 2 amide bonds. The number of nitrogens with zero attached hydrogens (tertiary/aromatic N) is 3. The molecule has 0 spiro atoms. The monoisotopic (exact) mass is 271 g/mol. The highest BCUT2D eigenvalue weighted by Gasteiger charge is 2.16. The maximum atomic E-state index is 11.7. The average Bonchev–Trinajstić information content (AvgIpc) is 2.71. The second-order valence-corrected chi connectivity index (χ2v) is 4.18. The molecule has 1 rings (SSSR count). The van der Waals surface area contributed by atoms with Gasteiger partial charge in [-0.25, -0.2) is 4.98 Å². The molecule has 1 heterocycles.